The molecule has 0 fully saturated rings. The Balaban J connectivity index is 1.79. The summed E-state index contributed by atoms with van der Waals surface area (Å²) in [5.41, 5.74) is 1.51. The van der Waals surface area contributed by atoms with Gasteiger partial charge in [-0.2, -0.15) is 0 Å². The van der Waals surface area contributed by atoms with E-state index in [9.17, 15) is 9.59 Å². The molecule has 120 valence electrons. The molecule has 2 aromatic rings. The zero-order valence-electron chi connectivity index (χ0n) is 13.6. The number of ketones is 2. The van der Waals surface area contributed by atoms with Crippen molar-refractivity contribution in [2.75, 3.05) is 19.6 Å². The van der Waals surface area contributed by atoms with Gasteiger partial charge in [-0.25, -0.2) is 0 Å². The minimum atomic E-state index is 0.151. The summed E-state index contributed by atoms with van der Waals surface area (Å²) >= 11 is 0. The first-order chi connectivity index (χ1) is 11.2. The smallest absolute Gasteiger partial charge is 0.164 e. The van der Waals surface area contributed by atoms with Crippen molar-refractivity contribution in [3.8, 4) is 0 Å². The number of carbonyl (C=O) groups is 2. The van der Waals surface area contributed by atoms with Crippen molar-refractivity contribution in [1.82, 2.24) is 4.90 Å². The standard InChI is InChI=1S/C20H23NO2/c1-2-21(15-13-19(22)17-9-5-3-6-10-17)16-14-20(23)18-11-7-4-8-12-18/h3-12H,2,13-16H2,1H3. The van der Waals surface area contributed by atoms with Gasteiger partial charge in [-0.05, 0) is 6.54 Å². The molecule has 0 saturated heterocycles. The highest BCUT2D eigenvalue weighted by molar-refractivity contribution is 5.96. The molecule has 0 spiro atoms. The molecule has 0 aromatic heterocycles. The molecule has 2 aromatic carbocycles. The van der Waals surface area contributed by atoms with Crippen LogP contribution in [0.15, 0.2) is 60.7 Å². The van der Waals surface area contributed by atoms with E-state index in [4.69, 9.17) is 0 Å². The highest BCUT2D eigenvalue weighted by Crippen LogP contribution is 2.07. The molecule has 0 N–H and O–H groups in total. The molecule has 0 aliphatic carbocycles. The number of nitrogens with zero attached hydrogens (tertiary/aromatic N) is 1. The van der Waals surface area contributed by atoms with Crippen LogP contribution in [0.4, 0.5) is 0 Å². The van der Waals surface area contributed by atoms with Crippen molar-refractivity contribution >= 4 is 11.6 Å². The lowest BCUT2D eigenvalue weighted by molar-refractivity contribution is 0.0949. The average molecular weight is 309 g/mol. The van der Waals surface area contributed by atoms with Crippen molar-refractivity contribution in [3.63, 3.8) is 0 Å². The first kappa shape index (κ1) is 17.1. The van der Waals surface area contributed by atoms with E-state index in [0.717, 1.165) is 17.7 Å². The lowest BCUT2D eigenvalue weighted by atomic mass is 10.1. The summed E-state index contributed by atoms with van der Waals surface area (Å²) in [6.45, 7) is 4.27. The molecule has 0 saturated carbocycles. The Bertz CT molecular complexity index is 567. The van der Waals surface area contributed by atoms with Crippen molar-refractivity contribution in [2.45, 2.75) is 19.8 Å². The van der Waals surface area contributed by atoms with Crippen molar-refractivity contribution in [3.05, 3.63) is 71.8 Å². The predicted octanol–water partition coefficient (Wildman–Crippen LogP) is 3.85. The molecule has 2 rings (SSSR count). The Morgan fingerprint density at radius 2 is 1.13 bits per heavy atom. The molecular formula is C20H23NO2. The van der Waals surface area contributed by atoms with Gasteiger partial charge in [0.15, 0.2) is 11.6 Å². The van der Waals surface area contributed by atoms with Crippen LogP contribution in [0.1, 0.15) is 40.5 Å². The van der Waals surface area contributed by atoms with Crippen LogP contribution in [-0.2, 0) is 0 Å². The maximum atomic E-state index is 12.1. The fourth-order valence-electron chi connectivity index (χ4n) is 2.48. The van der Waals surface area contributed by atoms with Gasteiger partial charge in [0.25, 0.3) is 0 Å². The maximum Gasteiger partial charge on any atom is 0.164 e. The van der Waals surface area contributed by atoms with E-state index in [0.29, 0.717) is 25.9 Å². The minimum absolute atomic E-state index is 0.151. The van der Waals surface area contributed by atoms with Gasteiger partial charge in [0.1, 0.15) is 0 Å². The van der Waals surface area contributed by atoms with Crippen molar-refractivity contribution in [1.29, 1.82) is 0 Å². The van der Waals surface area contributed by atoms with E-state index < -0.39 is 0 Å². The first-order valence-electron chi connectivity index (χ1n) is 8.09. The third kappa shape index (κ3) is 5.46. The highest BCUT2D eigenvalue weighted by Gasteiger charge is 2.11. The first-order valence-corrected chi connectivity index (χ1v) is 8.09. The van der Waals surface area contributed by atoms with Crippen molar-refractivity contribution < 1.29 is 9.59 Å². The van der Waals surface area contributed by atoms with Crippen LogP contribution in [0.3, 0.4) is 0 Å². The number of hydrogen-bond acceptors (Lipinski definition) is 3. The van der Waals surface area contributed by atoms with E-state index in [1.807, 2.05) is 60.7 Å². The summed E-state index contributed by atoms with van der Waals surface area (Å²) in [5.74, 6) is 0.303. The fraction of sp³-hybridized carbons (Fsp3) is 0.300. The van der Waals surface area contributed by atoms with Gasteiger partial charge in [0.2, 0.25) is 0 Å². The van der Waals surface area contributed by atoms with Crippen LogP contribution in [0.2, 0.25) is 0 Å². The molecule has 0 aliphatic heterocycles. The summed E-state index contributed by atoms with van der Waals surface area (Å²) < 4.78 is 0. The molecular weight excluding hydrogens is 286 g/mol. The van der Waals surface area contributed by atoms with Crippen molar-refractivity contribution in [2.24, 2.45) is 0 Å². The quantitative estimate of drug-likeness (QED) is 0.660. The lowest BCUT2D eigenvalue weighted by Gasteiger charge is -2.19. The fourth-order valence-corrected chi connectivity index (χ4v) is 2.48. The summed E-state index contributed by atoms with van der Waals surface area (Å²) in [5, 5.41) is 0. The second-order valence-corrected chi connectivity index (χ2v) is 5.51. The Morgan fingerprint density at radius 3 is 1.48 bits per heavy atom. The third-order valence-corrected chi connectivity index (χ3v) is 3.95. The van der Waals surface area contributed by atoms with Crippen LogP contribution < -0.4 is 0 Å². The number of Topliss-reactive ketones (excluding diaryl/α,β-unsaturated/α-hetero) is 2. The Morgan fingerprint density at radius 1 is 0.739 bits per heavy atom. The maximum absolute atomic E-state index is 12.1. The van der Waals surface area contributed by atoms with Crippen LogP contribution in [0.5, 0.6) is 0 Å². The number of rotatable bonds is 9. The van der Waals surface area contributed by atoms with Gasteiger partial charge in [0.05, 0.1) is 0 Å². The van der Waals surface area contributed by atoms with E-state index >= 15 is 0 Å². The van der Waals surface area contributed by atoms with E-state index in [-0.39, 0.29) is 11.6 Å². The molecule has 0 radical (unpaired) electrons. The number of hydrogen-bond donors (Lipinski definition) is 0. The third-order valence-electron chi connectivity index (χ3n) is 3.95. The Kier molecular flexibility index (Phi) is 6.70. The Hall–Kier alpha value is -2.26. The second kappa shape index (κ2) is 9.01. The normalized spacial score (nSPS) is 10.7. The molecule has 0 atom stereocenters. The molecule has 0 heterocycles. The summed E-state index contributed by atoms with van der Waals surface area (Å²) in [6.07, 6.45) is 0.967. The van der Waals surface area contributed by atoms with E-state index in [1.165, 1.54) is 0 Å². The molecule has 0 aliphatic rings. The molecule has 0 unspecified atom stereocenters. The van der Waals surface area contributed by atoms with E-state index in [2.05, 4.69) is 11.8 Å². The predicted molar refractivity (Wildman–Crippen MR) is 92.9 cm³/mol. The molecule has 23 heavy (non-hydrogen) atoms. The van der Waals surface area contributed by atoms with Gasteiger partial charge in [-0.15, -0.1) is 0 Å². The minimum Gasteiger partial charge on any atom is -0.303 e. The number of benzene rings is 2. The molecule has 0 amide bonds. The van der Waals surface area contributed by atoms with Gasteiger partial charge in [0, 0.05) is 37.1 Å². The van der Waals surface area contributed by atoms with Gasteiger partial charge in [-0.3, -0.25) is 9.59 Å². The van der Waals surface area contributed by atoms with Crippen LogP contribution >= 0.6 is 0 Å². The lowest BCUT2D eigenvalue weighted by Crippen LogP contribution is -2.28. The van der Waals surface area contributed by atoms with Gasteiger partial charge in [-0.1, -0.05) is 67.6 Å². The van der Waals surface area contributed by atoms with Crippen LogP contribution in [0, 0.1) is 0 Å². The zero-order chi connectivity index (χ0) is 16.5. The highest BCUT2D eigenvalue weighted by atomic mass is 16.1. The largest absolute Gasteiger partial charge is 0.303 e. The zero-order valence-corrected chi connectivity index (χ0v) is 13.6. The van der Waals surface area contributed by atoms with Gasteiger partial charge < -0.3 is 4.90 Å². The van der Waals surface area contributed by atoms with Crippen LogP contribution in [0.25, 0.3) is 0 Å². The monoisotopic (exact) mass is 309 g/mol. The summed E-state index contributed by atoms with van der Waals surface area (Å²) in [4.78, 5) is 26.4. The molecule has 0 bridgehead atoms. The van der Waals surface area contributed by atoms with E-state index in [1.54, 1.807) is 0 Å². The van der Waals surface area contributed by atoms with Crippen LogP contribution in [-0.4, -0.2) is 36.1 Å². The summed E-state index contributed by atoms with van der Waals surface area (Å²) in [7, 11) is 0. The average Bonchev–Trinajstić information content (AvgIpc) is 2.62. The number of carbonyl (C=O) groups excluding carboxylic acids is 2. The summed E-state index contributed by atoms with van der Waals surface area (Å²) in [6, 6.07) is 18.7. The SMILES string of the molecule is CCN(CCC(=O)c1ccccc1)CCC(=O)c1ccccc1. The second-order valence-electron chi connectivity index (χ2n) is 5.51. The Labute approximate surface area is 137 Å². The molecule has 3 nitrogen and oxygen atoms in total. The topological polar surface area (TPSA) is 37.4 Å². The molecule has 3 heteroatoms. The van der Waals surface area contributed by atoms with Gasteiger partial charge >= 0.3 is 0 Å².